The van der Waals surface area contributed by atoms with Gasteiger partial charge in [0.2, 0.25) is 10.0 Å². The number of amidine groups is 1. The van der Waals surface area contributed by atoms with Crippen LogP contribution in [-0.2, 0) is 28.3 Å². The minimum absolute atomic E-state index is 0.0515. The number of nitrogen functional groups attached to an aromatic ring is 1. The number of aliphatic carboxylic acids is 1. The van der Waals surface area contributed by atoms with Crippen LogP contribution in [0.15, 0.2) is 47.3 Å². The third kappa shape index (κ3) is 5.04. The Hall–Kier alpha value is -3.73. The van der Waals surface area contributed by atoms with E-state index < -0.39 is 27.2 Å². The summed E-state index contributed by atoms with van der Waals surface area (Å²) in [7, 11) is -2.58. The zero-order valence-corrected chi connectivity index (χ0v) is 20.0. The Labute approximate surface area is 202 Å². The Morgan fingerprint density at radius 1 is 1.23 bits per heavy atom. The molecule has 1 heterocycles. The molecule has 1 saturated carbocycles. The minimum atomic E-state index is -4.19. The molecule has 1 aliphatic rings. The van der Waals surface area contributed by atoms with Crippen molar-refractivity contribution in [3.63, 3.8) is 0 Å². The summed E-state index contributed by atoms with van der Waals surface area (Å²) in [6.45, 7) is 0. The highest BCUT2D eigenvalue weighted by Gasteiger charge is 2.41. The molecule has 1 aliphatic carbocycles. The minimum Gasteiger partial charge on any atom is -0.480 e. The molecular formula is C24H27N5O5S. The zero-order valence-electron chi connectivity index (χ0n) is 19.2. The number of anilines is 1. The molecule has 2 aromatic carbocycles. The third-order valence-corrected chi connectivity index (χ3v) is 8.22. The van der Waals surface area contributed by atoms with Crippen molar-refractivity contribution in [2.45, 2.75) is 37.4 Å². The summed E-state index contributed by atoms with van der Waals surface area (Å²) < 4.78 is 29.8. The first-order valence-corrected chi connectivity index (χ1v) is 12.8. The summed E-state index contributed by atoms with van der Waals surface area (Å²) in [4.78, 5) is 29.1. The molecule has 1 atom stereocenters. The number of hydrogen-bond acceptors (Lipinski definition) is 6. The van der Waals surface area contributed by atoms with Gasteiger partial charge in [0.15, 0.2) is 5.25 Å². The lowest BCUT2D eigenvalue weighted by Crippen LogP contribution is -2.40. The van der Waals surface area contributed by atoms with Crippen molar-refractivity contribution in [2.24, 2.45) is 18.7 Å². The van der Waals surface area contributed by atoms with Gasteiger partial charge in [-0.1, -0.05) is 37.1 Å². The van der Waals surface area contributed by atoms with Gasteiger partial charge in [-0.3, -0.25) is 19.7 Å². The van der Waals surface area contributed by atoms with Crippen molar-refractivity contribution in [3.8, 4) is 0 Å². The normalized spacial score (nSPS) is 15.2. The van der Waals surface area contributed by atoms with Gasteiger partial charge >= 0.3 is 5.97 Å². The van der Waals surface area contributed by atoms with E-state index in [1.807, 2.05) is 0 Å². The molecule has 0 aliphatic heterocycles. The van der Waals surface area contributed by atoms with E-state index in [2.05, 4.69) is 9.71 Å². The Morgan fingerprint density at radius 2 is 1.89 bits per heavy atom. The summed E-state index contributed by atoms with van der Waals surface area (Å²) in [5.74, 6) is -1.83. The third-order valence-electron chi connectivity index (χ3n) is 6.45. The number of aromatic nitrogens is 2. The van der Waals surface area contributed by atoms with E-state index in [1.165, 1.54) is 16.7 Å². The van der Waals surface area contributed by atoms with Gasteiger partial charge in [-0.25, -0.2) is 13.4 Å². The number of benzene rings is 2. The van der Waals surface area contributed by atoms with Crippen LogP contribution in [0.25, 0.3) is 11.0 Å². The molecule has 1 aromatic heterocycles. The Bertz CT molecular complexity index is 1460. The van der Waals surface area contributed by atoms with Crippen LogP contribution in [-0.4, -0.2) is 40.1 Å². The highest BCUT2D eigenvalue weighted by molar-refractivity contribution is 7.94. The van der Waals surface area contributed by atoms with Gasteiger partial charge < -0.3 is 15.4 Å². The number of sulfonamides is 1. The zero-order chi connectivity index (χ0) is 25.3. The van der Waals surface area contributed by atoms with E-state index in [9.17, 15) is 23.1 Å². The molecule has 1 fully saturated rings. The van der Waals surface area contributed by atoms with Crippen LogP contribution in [0.2, 0.25) is 0 Å². The predicted molar refractivity (Wildman–Crippen MR) is 133 cm³/mol. The van der Waals surface area contributed by atoms with Gasteiger partial charge in [0.05, 0.1) is 16.7 Å². The molecule has 0 spiro atoms. The van der Waals surface area contributed by atoms with Crippen molar-refractivity contribution >= 4 is 38.5 Å². The second-order valence-corrected chi connectivity index (χ2v) is 10.7. The number of carboxylic acid groups (broad SMARTS) is 1. The van der Waals surface area contributed by atoms with E-state index in [0.717, 1.165) is 18.4 Å². The van der Waals surface area contributed by atoms with Crippen molar-refractivity contribution in [3.05, 3.63) is 69.6 Å². The maximum absolute atomic E-state index is 13.0. The largest absolute Gasteiger partial charge is 0.480 e. The molecule has 184 valence electrons. The topological polar surface area (TPSA) is 168 Å². The molecule has 11 heteroatoms. The monoisotopic (exact) mass is 497 g/mol. The average molecular weight is 498 g/mol. The van der Waals surface area contributed by atoms with E-state index in [1.54, 1.807) is 37.4 Å². The van der Waals surface area contributed by atoms with Crippen LogP contribution in [0.3, 0.4) is 0 Å². The number of nitrogens with two attached hydrogens (primary N) is 1. The number of nitrogens with one attached hydrogen (secondary N) is 2. The Morgan fingerprint density at radius 3 is 2.49 bits per heavy atom. The average Bonchev–Trinajstić information content (AvgIpc) is 3.30. The van der Waals surface area contributed by atoms with Crippen LogP contribution < -0.4 is 16.0 Å². The standard InChI is InChI=1S/C24H27N5O5S/c1-29-20-11-10-17(28-35(33,34)21(24(31)32)15-4-2-3-5-15)13-18(20)27-19(23(29)30)12-14-6-8-16(9-7-14)22(25)26/h6-11,13,15,21,28H,2-5,12H2,1H3,(H3,25,26)(H,31,32). The predicted octanol–water partition coefficient (Wildman–Crippen LogP) is 2.19. The van der Waals surface area contributed by atoms with E-state index in [-0.39, 0.29) is 29.2 Å². The molecular weight excluding hydrogens is 470 g/mol. The van der Waals surface area contributed by atoms with Gasteiger partial charge in [-0.05, 0) is 42.5 Å². The number of hydrogen-bond donors (Lipinski definition) is 4. The summed E-state index contributed by atoms with van der Waals surface area (Å²) >= 11 is 0. The Kier molecular flexibility index (Phi) is 6.62. The lowest BCUT2D eigenvalue weighted by molar-refractivity contribution is -0.137. The van der Waals surface area contributed by atoms with Gasteiger partial charge in [0.1, 0.15) is 11.5 Å². The molecule has 1 unspecified atom stereocenters. The SMILES string of the molecule is Cn1c(=O)c(Cc2ccc(C(=N)N)cc2)nc2cc(NS(=O)(=O)C(C(=O)O)C3CCCC3)ccc21. The molecule has 4 rings (SSSR count). The summed E-state index contributed by atoms with van der Waals surface area (Å²) in [5, 5.41) is 15.6. The molecule has 0 saturated heterocycles. The molecule has 35 heavy (non-hydrogen) atoms. The Balaban J connectivity index is 1.66. The quantitative estimate of drug-likeness (QED) is 0.273. The maximum Gasteiger partial charge on any atom is 0.324 e. The van der Waals surface area contributed by atoms with E-state index in [4.69, 9.17) is 11.1 Å². The van der Waals surface area contributed by atoms with Gasteiger partial charge in [0.25, 0.3) is 5.56 Å². The fraction of sp³-hybridized carbons (Fsp3) is 0.333. The first-order chi connectivity index (χ1) is 16.6. The molecule has 5 N–H and O–H groups in total. The van der Waals surface area contributed by atoms with Gasteiger partial charge in [-0.15, -0.1) is 0 Å². The number of fused-ring (bicyclic) bond motifs is 1. The van der Waals surface area contributed by atoms with Crippen molar-refractivity contribution in [2.75, 3.05) is 4.72 Å². The lowest BCUT2D eigenvalue weighted by atomic mass is 10.0. The smallest absolute Gasteiger partial charge is 0.324 e. The van der Waals surface area contributed by atoms with Crippen molar-refractivity contribution in [1.29, 1.82) is 5.41 Å². The van der Waals surface area contributed by atoms with Crippen LogP contribution in [0.1, 0.15) is 42.5 Å². The molecule has 0 amide bonds. The number of rotatable bonds is 8. The van der Waals surface area contributed by atoms with Crippen LogP contribution in [0, 0.1) is 11.3 Å². The maximum atomic E-state index is 13.0. The second-order valence-electron chi connectivity index (χ2n) is 8.86. The first-order valence-electron chi connectivity index (χ1n) is 11.2. The molecule has 10 nitrogen and oxygen atoms in total. The summed E-state index contributed by atoms with van der Waals surface area (Å²) in [6, 6.07) is 11.5. The number of aryl methyl sites for hydroxylation is 1. The number of carboxylic acids is 1. The van der Waals surface area contributed by atoms with Crippen LogP contribution in [0.5, 0.6) is 0 Å². The van der Waals surface area contributed by atoms with Crippen molar-refractivity contribution < 1.29 is 18.3 Å². The summed E-state index contributed by atoms with van der Waals surface area (Å²) in [6.07, 6.45) is 3.00. The molecule has 0 radical (unpaired) electrons. The van der Waals surface area contributed by atoms with Crippen LogP contribution >= 0.6 is 0 Å². The highest BCUT2D eigenvalue weighted by atomic mass is 32.2. The fourth-order valence-electron chi connectivity index (χ4n) is 4.64. The van der Waals surface area contributed by atoms with Crippen molar-refractivity contribution in [1.82, 2.24) is 9.55 Å². The van der Waals surface area contributed by atoms with E-state index in [0.29, 0.717) is 29.4 Å². The van der Waals surface area contributed by atoms with Gasteiger partial charge in [-0.2, -0.15) is 0 Å². The fourth-order valence-corrected chi connectivity index (χ4v) is 6.27. The summed E-state index contributed by atoms with van der Waals surface area (Å²) in [5.41, 5.74) is 7.94. The van der Waals surface area contributed by atoms with Crippen LogP contribution in [0.4, 0.5) is 5.69 Å². The second kappa shape index (κ2) is 9.49. The number of carbonyl (C=O) groups is 1. The van der Waals surface area contributed by atoms with E-state index >= 15 is 0 Å². The number of nitrogens with zero attached hydrogens (tertiary/aromatic N) is 2. The highest BCUT2D eigenvalue weighted by Crippen LogP contribution is 2.32. The lowest BCUT2D eigenvalue weighted by Gasteiger charge is -2.20. The van der Waals surface area contributed by atoms with Gasteiger partial charge in [0, 0.05) is 19.0 Å². The molecule has 3 aromatic rings. The first kappa shape index (κ1) is 24.4. The molecule has 0 bridgehead atoms.